The molecule has 1 aromatic heterocycles. The largest absolute Gasteiger partial charge is 0.497 e. The Morgan fingerprint density at radius 3 is 2.29 bits per heavy atom. The molecule has 0 atom stereocenters. The maximum atomic E-state index is 12.9. The molecule has 0 bridgehead atoms. The number of methoxy groups -OCH3 is 1. The number of hydrogen-bond acceptors (Lipinski definition) is 4. The number of piperazine rings is 1. The first-order valence-electron chi connectivity index (χ1n) is 10.5. The number of anilines is 1. The lowest BCUT2D eigenvalue weighted by Gasteiger charge is -2.37. The van der Waals surface area contributed by atoms with Crippen molar-refractivity contribution >= 4 is 17.3 Å². The number of aromatic nitrogens is 2. The van der Waals surface area contributed by atoms with Crippen LogP contribution < -0.4 is 15.2 Å². The number of aryl methyl sites for hydroxylation is 2. The van der Waals surface area contributed by atoms with Crippen molar-refractivity contribution in [3.05, 3.63) is 74.7 Å². The fraction of sp³-hybridized carbons (Fsp3) is 0.375. The van der Waals surface area contributed by atoms with Gasteiger partial charge >= 0.3 is 0 Å². The van der Waals surface area contributed by atoms with Crippen LogP contribution in [0.1, 0.15) is 16.8 Å². The Morgan fingerprint density at radius 2 is 1.68 bits per heavy atom. The molecule has 1 aliphatic heterocycles. The molecular weight excluding hydrogens is 412 g/mol. The second kappa shape index (κ2) is 8.81. The van der Waals surface area contributed by atoms with E-state index >= 15 is 0 Å². The zero-order valence-electron chi connectivity index (χ0n) is 18.6. The molecule has 0 N–H and O–H groups in total. The van der Waals surface area contributed by atoms with Crippen molar-refractivity contribution in [3.63, 3.8) is 0 Å². The molecule has 2 heterocycles. The van der Waals surface area contributed by atoms with Crippen molar-refractivity contribution in [3.8, 4) is 11.4 Å². The molecule has 0 amide bonds. The van der Waals surface area contributed by atoms with Crippen molar-refractivity contribution in [2.24, 2.45) is 7.05 Å². The third-order valence-corrected chi connectivity index (χ3v) is 6.46. The second-order valence-electron chi connectivity index (χ2n) is 8.15. The van der Waals surface area contributed by atoms with Crippen LogP contribution in [0.25, 0.3) is 5.69 Å². The average molecular weight is 441 g/mol. The standard InChI is InChI=1S/C24H29ClN4O2/c1-17-5-10-21(18(2)15-17)28-13-11-27(12-14-28)16-22-23(25)24(30)29(26(22)3)19-6-8-20(31-4)9-7-19/h5-10,15H,11-14,16H2,1-4H3. The molecule has 1 aliphatic rings. The van der Waals surface area contributed by atoms with Crippen LogP contribution in [0.3, 0.4) is 0 Å². The van der Waals surface area contributed by atoms with E-state index in [2.05, 4.69) is 41.8 Å². The van der Waals surface area contributed by atoms with Crippen LogP contribution in [0.2, 0.25) is 5.02 Å². The van der Waals surface area contributed by atoms with Crippen LogP contribution in [0, 0.1) is 13.8 Å². The fourth-order valence-electron chi connectivity index (χ4n) is 4.32. The molecule has 3 aromatic rings. The van der Waals surface area contributed by atoms with E-state index in [0.717, 1.165) is 43.3 Å². The molecule has 0 radical (unpaired) electrons. The van der Waals surface area contributed by atoms with Crippen LogP contribution in [0.4, 0.5) is 5.69 Å². The Bertz CT molecular complexity index is 1130. The van der Waals surface area contributed by atoms with Gasteiger partial charge in [-0.2, -0.15) is 0 Å². The number of ether oxygens (including phenoxy) is 1. The number of halogens is 1. The minimum atomic E-state index is -0.196. The van der Waals surface area contributed by atoms with E-state index in [9.17, 15) is 4.79 Å². The minimum Gasteiger partial charge on any atom is -0.497 e. The first kappa shape index (κ1) is 21.5. The number of benzene rings is 2. The van der Waals surface area contributed by atoms with Gasteiger partial charge in [-0.1, -0.05) is 29.3 Å². The number of nitrogens with zero attached hydrogens (tertiary/aromatic N) is 4. The van der Waals surface area contributed by atoms with Crippen molar-refractivity contribution in [2.45, 2.75) is 20.4 Å². The zero-order chi connectivity index (χ0) is 22.1. The lowest BCUT2D eigenvalue weighted by atomic mass is 10.1. The quantitative estimate of drug-likeness (QED) is 0.605. The first-order valence-corrected chi connectivity index (χ1v) is 10.9. The number of hydrogen-bond donors (Lipinski definition) is 0. The Kier molecular flexibility index (Phi) is 6.12. The summed E-state index contributed by atoms with van der Waals surface area (Å²) in [6, 6.07) is 14.0. The molecule has 2 aromatic carbocycles. The van der Waals surface area contributed by atoms with Crippen molar-refractivity contribution in [2.75, 3.05) is 38.2 Å². The molecule has 4 rings (SSSR count). The summed E-state index contributed by atoms with van der Waals surface area (Å²) in [4.78, 5) is 17.7. The predicted octanol–water partition coefficient (Wildman–Crippen LogP) is 3.78. The Hall–Kier alpha value is -2.70. The minimum absolute atomic E-state index is 0.196. The molecule has 6 nitrogen and oxygen atoms in total. The first-order chi connectivity index (χ1) is 14.9. The topological polar surface area (TPSA) is 42.6 Å². The summed E-state index contributed by atoms with van der Waals surface area (Å²) in [5.74, 6) is 0.749. The molecule has 31 heavy (non-hydrogen) atoms. The Balaban J connectivity index is 1.49. The van der Waals surface area contributed by atoms with Crippen LogP contribution in [-0.4, -0.2) is 47.6 Å². The highest BCUT2D eigenvalue weighted by Crippen LogP contribution is 2.24. The summed E-state index contributed by atoms with van der Waals surface area (Å²) in [7, 11) is 3.51. The van der Waals surface area contributed by atoms with Gasteiger partial charge in [0.2, 0.25) is 0 Å². The highest BCUT2D eigenvalue weighted by Gasteiger charge is 2.23. The molecule has 7 heteroatoms. The Morgan fingerprint density at radius 1 is 1.00 bits per heavy atom. The SMILES string of the molecule is COc1ccc(-n2c(=O)c(Cl)c(CN3CCN(c4ccc(C)cc4C)CC3)n2C)cc1. The van der Waals surface area contributed by atoms with E-state index in [-0.39, 0.29) is 10.6 Å². The predicted molar refractivity (Wildman–Crippen MR) is 126 cm³/mol. The van der Waals surface area contributed by atoms with Crippen molar-refractivity contribution in [1.29, 1.82) is 0 Å². The fourth-order valence-corrected chi connectivity index (χ4v) is 4.58. The molecular formula is C24H29ClN4O2. The van der Waals surface area contributed by atoms with Gasteiger partial charge in [0, 0.05) is 45.5 Å². The van der Waals surface area contributed by atoms with E-state index in [4.69, 9.17) is 16.3 Å². The van der Waals surface area contributed by atoms with Crippen LogP contribution in [-0.2, 0) is 13.6 Å². The van der Waals surface area contributed by atoms with E-state index in [1.165, 1.54) is 16.8 Å². The molecule has 0 saturated carbocycles. The third-order valence-electron chi connectivity index (χ3n) is 6.08. The summed E-state index contributed by atoms with van der Waals surface area (Å²) in [5, 5.41) is 0.287. The zero-order valence-corrected chi connectivity index (χ0v) is 19.3. The van der Waals surface area contributed by atoms with Crippen LogP contribution in [0.5, 0.6) is 5.75 Å². The van der Waals surface area contributed by atoms with Crippen molar-refractivity contribution < 1.29 is 4.74 Å². The number of rotatable bonds is 5. The van der Waals surface area contributed by atoms with Gasteiger partial charge in [0.15, 0.2) is 0 Å². The molecule has 0 spiro atoms. The average Bonchev–Trinajstić information content (AvgIpc) is 2.98. The second-order valence-corrected chi connectivity index (χ2v) is 8.53. The van der Waals surface area contributed by atoms with E-state index in [0.29, 0.717) is 6.54 Å². The van der Waals surface area contributed by atoms with Gasteiger partial charge in [0.25, 0.3) is 5.56 Å². The summed E-state index contributed by atoms with van der Waals surface area (Å²) >= 11 is 6.49. The van der Waals surface area contributed by atoms with Gasteiger partial charge in [-0.25, -0.2) is 4.68 Å². The summed E-state index contributed by atoms with van der Waals surface area (Å²) in [6.07, 6.45) is 0. The summed E-state index contributed by atoms with van der Waals surface area (Å²) in [5.41, 5.74) is 5.32. The highest BCUT2D eigenvalue weighted by atomic mass is 35.5. The van der Waals surface area contributed by atoms with Gasteiger partial charge in [-0.15, -0.1) is 0 Å². The molecule has 164 valence electrons. The normalized spacial score (nSPS) is 14.8. The lowest BCUT2D eigenvalue weighted by molar-refractivity contribution is 0.243. The molecule has 0 unspecified atom stereocenters. The molecule has 1 fully saturated rings. The van der Waals surface area contributed by atoms with Gasteiger partial charge in [-0.3, -0.25) is 14.4 Å². The van der Waals surface area contributed by atoms with Gasteiger partial charge in [0.1, 0.15) is 10.8 Å². The molecule has 0 aliphatic carbocycles. The van der Waals surface area contributed by atoms with Gasteiger partial charge < -0.3 is 9.64 Å². The third kappa shape index (κ3) is 4.23. The lowest BCUT2D eigenvalue weighted by Crippen LogP contribution is -2.46. The molecule has 1 saturated heterocycles. The highest BCUT2D eigenvalue weighted by molar-refractivity contribution is 6.31. The van der Waals surface area contributed by atoms with Gasteiger partial charge in [-0.05, 0) is 49.7 Å². The van der Waals surface area contributed by atoms with Crippen LogP contribution in [0.15, 0.2) is 47.3 Å². The Labute approximate surface area is 188 Å². The summed E-state index contributed by atoms with van der Waals surface area (Å²) < 4.78 is 8.70. The van der Waals surface area contributed by atoms with Gasteiger partial charge in [0.05, 0.1) is 18.5 Å². The monoisotopic (exact) mass is 440 g/mol. The van der Waals surface area contributed by atoms with Crippen LogP contribution >= 0.6 is 11.6 Å². The van der Waals surface area contributed by atoms with E-state index < -0.39 is 0 Å². The van der Waals surface area contributed by atoms with Crippen molar-refractivity contribution in [1.82, 2.24) is 14.3 Å². The van der Waals surface area contributed by atoms with E-state index in [1.807, 2.05) is 36.0 Å². The maximum absolute atomic E-state index is 12.9. The summed E-state index contributed by atoms with van der Waals surface area (Å²) in [6.45, 7) is 8.70. The van der Waals surface area contributed by atoms with E-state index in [1.54, 1.807) is 11.8 Å². The smallest absolute Gasteiger partial charge is 0.290 e. The maximum Gasteiger partial charge on any atom is 0.290 e.